The topological polar surface area (TPSA) is 80.1 Å². The summed E-state index contributed by atoms with van der Waals surface area (Å²) in [5, 5.41) is 0. The minimum atomic E-state index is -0.743. The van der Waals surface area contributed by atoms with Crippen LogP contribution in [0.4, 0.5) is 4.79 Å². The van der Waals surface area contributed by atoms with Gasteiger partial charge in [-0.3, -0.25) is 9.69 Å². The number of benzene rings is 2. The Morgan fingerprint density at radius 1 is 0.967 bits per heavy atom. The molecular formula is C23H20N2O5. The Hall–Kier alpha value is -3.87. The maximum absolute atomic E-state index is 13.3. The molecule has 2 heterocycles. The van der Waals surface area contributed by atoms with Gasteiger partial charge in [0.2, 0.25) is 5.76 Å². The van der Waals surface area contributed by atoms with E-state index >= 15 is 0 Å². The Labute approximate surface area is 173 Å². The van der Waals surface area contributed by atoms with Gasteiger partial charge in [-0.1, -0.05) is 60.7 Å². The summed E-state index contributed by atoms with van der Waals surface area (Å²) in [7, 11) is 1.24. The first-order chi connectivity index (χ1) is 14.6. The average molecular weight is 404 g/mol. The van der Waals surface area contributed by atoms with Crippen LogP contribution in [0, 0.1) is 0 Å². The number of nitrogens with zero attached hydrogens (tertiary/aromatic N) is 2. The molecule has 1 unspecified atom stereocenters. The Morgan fingerprint density at radius 2 is 1.63 bits per heavy atom. The van der Waals surface area contributed by atoms with Gasteiger partial charge in [-0.2, -0.15) is 0 Å². The first-order valence-corrected chi connectivity index (χ1v) is 9.45. The highest BCUT2D eigenvalue weighted by Gasteiger charge is 2.46. The molecule has 0 aliphatic carbocycles. The minimum absolute atomic E-state index is 0.0177. The zero-order valence-electron chi connectivity index (χ0n) is 16.4. The summed E-state index contributed by atoms with van der Waals surface area (Å²) < 4.78 is 9.91. The van der Waals surface area contributed by atoms with E-state index in [1.54, 1.807) is 11.0 Å². The Kier molecular flexibility index (Phi) is 5.34. The number of hydrogen-bond acceptors (Lipinski definition) is 5. The second kappa shape index (κ2) is 8.24. The van der Waals surface area contributed by atoms with E-state index in [0.717, 1.165) is 16.0 Å². The lowest BCUT2D eigenvalue weighted by Gasteiger charge is -2.22. The van der Waals surface area contributed by atoms with Crippen LogP contribution in [0.2, 0.25) is 0 Å². The van der Waals surface area contributed by atoms with E-state index in [9.17, 15) is 14.4 Å². The van der Waals surface area contributed by atoms with Crippen molar-refractivity contribution >= 4 is 17.9 Å². The van der Waals surface area contributed by atoms with Crippen molar-refractivity contribution in [2.24, 2.45) is 0 Å². The zero-order chi connectivity index (χ0) is 21.1. The van der Waals surface area contributed by atoms with Gasteiger partial charge in [0.25, 0.3) is 5.91 Å². The molecule has 152 valence electrons. The SMILES string of the molecule is COC(=O)c1occc1CN1C(=O)C(c2ccccc2)N(Cc2ccccc2)C1=O. The summed E-state index contributed by atoms with van der Waals surface area (Å²) in [5.74, 6) is -1.02. The number of methoxy groups -OCH3 is 1. The van der Waals surface area contributed by atoms with Gasteiger partial charge in [0.15, 0.2) is 0 Å². The summed E-state index contributed by atoms with van der Waals surface area (Å²) in [6, 6.07) is 19.1. The van der Waals surface area contributed by atoms with E-state index in [1.807, 2.05) is 60.7 Å². The number of ether oxygens (including phenoxy) is 1. The summed E-state index contributed by atoms with van der Waals surface area (Å²) in [5.41, 5.74) is 2.06. The van der Waals surface area contributed by atoms with Crippen LogP contribution in [-0.4, -0.2) is 34.8 Å². The molecule has 1 aliphatic rings. The second-order valence-electron chi connectivity index (χ2n) is 6.90. The molecule has 0 radical (unpaired) electrons. The van der Waals surface area contributed by atoms with Gasteiger partial charge >= 0.3 is 12.0 Å². The number of furan rings is 1. The van der Waals surface area contributed by atoms with Gasteiger partial charge in [-0.05, 0) is 17.2 Å². The van der Waals surface area contributed by atoms with Crippen LogP contribution in [0.15, 0.2) is 77.4 Å². The Morgan fingerprint density at radius 3 is 2.30 bits per heavy atom. The largest absolute Gasteiger partial charge is 0.463 e. The van der Waals surface area contributed by atoms with E-state index in [2.05, 4.69) is 0 Å². The fourth-order valence-electron chi connectivity index (χ4n) is 3.59. The highest BCUT2D eigenvalue weighted by Crippen LogP contribution is 2.34. The van der Waals surface area contributed by atoms with Gasteiger partial charge in [0.1, 0.15) is 6.04 Å². The number of esters is 1. The molecule has 1 saturated heterocycles. The molecule has 1 atom stereocenters. The van der Waals surface area contributed by atoms with Crippen molar-refractivity contribution in [3.63, 3.8) is 0 Å². The number of rotatable bonds is 6. The van der Waals surface area contributed by atoms with Gasteiger partial charge in [0, 0.05) is 12.1 Å². The average Bonchev–Trinajstić information content (AvgIpc) is 3.33. The predicted molar refractivity (Wildman–Crippen MR) is 107 cm³/mol. The molecule has 0 N–H and O–H groups in total. The van der Waals surface area contributed by atoms with Crippen LogP contribution in [0.1, 0.15) is 33.3 Å². The fraction of sp³-hybridized carbons (Fsp3) is 0.174. The Bertz CT molecular complexity index is 1060. The maximum atomic E-state index is 13.3. The minimum Gasteiger partial charge on any atom is -0.463 e. The van der Waals surface area contributed by atoms with Gasteiger partial charge in [-0.25, -0.2) is 9.59 Å². The third-order valence-corrected chi connectivity index (χ3v) is 5.05. The molecule has 0 bridgehead atoms. The fourth-order valence-corrected chi connectivity index (χ4v) is 3.59. The quantitative estimate of drug-likeness (QED) is 0.462. The summed E-state index contributed by atoms with van der Waals surface area (Å²) >= 11 is 0. The highest BCUT2D eigenvalue weighted by molar-refractivity contribution is 6.04. The van der Waals surface area contributed by atoms with Crippen molar-refractivity contribution in [1.82, 2.24) is 9.80 Å². The maximum Gasteiger partial charge on any atom is 0.374 e. The van der Waals surface area contributed by atoms with E-state index in [0.29, 0.717) is 5.56 Å². The lowest BCUT2D eigenvalue weighted by molar-refractivity contribution is -0.128. The molecular weight excluding hydrogens is 384 g/mol. The molecule has 0 saturated carbocycles. The number of amides is 3. The van der Waals surface area contributed by atoms with Crippen molar-refractivity contribution in [2.45, 2.75) is 19.1 Å². The van der Waals surface area contributed by atoms with Gasteiger partial charge in [-0.15, -0.1) is 0 Å². The number of carbonyl (C=O) groups is 3. The third-order valence-electron chi connectivity index (χ3n) is 5.05. The third kappa shape index (κ3) is 3.57. The molecule has 2 aromatic carbocycles. The van der Waals surface area contributed by atoms with E-state index in [1.165, 1.54) is 13.4 Å². The van der Waals surface area contributed by atoms with Gasteiger partial charge < -0.3 is 14.1 Å². The van der Waals surface area contributed by atoms with Crippen molar-refractivity contribution < 1.29 is 23.5 Å². The van der Waals surface area contributed by atoms with Gasteiger partial charge in [0.05, 0.1) is 19.9 Å². The number of hydrogen-bond donors (Lipinski definition) is 0. The molecule has 3 aromatic rings. The zero-order valence-corrected chi connectivity index (χ0v) is 16.4. The van der Waals surface area contributed by atoms with Crippen LogP contribution >= 0.6 is 0 Å². The standard InChI is InChI=1S/C23H20N2O5/c1-29-22(27)20-18(12-13-30-20)15-25-21(26)19(17-10-6-3-7-11-17)24(23(25)28)14-16-8-4-2-5-9-16/h2-13,19H,14-15H2,1H3. The second-order valence-corrected chi connectivity index (χ2v) is 6.90. The predicted octanol–water partition coefficient (Wildman–Crippen LogP) is 3.77. The van der Waals surface area contributed by atoms with Crippen molar-refractivity contribution in [2.75, 3.05) is 7.11 Å². The number of carbonyl (C=O) groups excluding carboxylic acids is 3. The molecule has 4 rings (SSSR count). The van der Waals surface area contributed by atoms with E-state index in [4.69, 9.17) is 9.15 Å². The molecule has 1 fully saturated rings. The van der Waals surface area contributed by atoms with Crippen molar-refractivity contribution in [1.29, 1.82) is 0 Å². The number of imide groups is 1. The van der Waals surface area contributed by atoms with Crippen LogP contribution in [0.25, 0.3) is 0 Å². The first-order valence-electron chi connectivity index (χ1n) is 9.45. The number of urea groups is 1. The van der Waals surface area contributed by atoms with Crippen LogP contribution in [-0.2, 0) is 22.6 Å². The van der Waals surface area contributed by atoms with Crippen molar-refractivity contribution in [3.8, 4) is 0 Å². The lowest BCUT2D eigenvalue weighted by atomic mass is 10.0. The summed E-state index contributed by atoms with van der Waals surface area (Å²) in [4.78, 5) is 41.2. The van der Waals surface area contributed by atoms with Crippen LogP contribution in [0.5, 0.6) is 0 Å². The Balaban J connectivity index is 1.67. The van der Waals surface area contributed by atoms with Crippen LogP contribution < -0.4 is 0 Å². The normalized spacial score (nSPS) is 16.2. The first kappa shape index (κ1) is 19.4. The molecule has 3 amide bonds. The van der Waals surface area contributed by atoms with E-state index < -0.39 is 18.0 Å². The highest BCUT2D eigenvalue weighted by atomic mass is 16.5. The lowest BCUT2D eigenvalue weighted by Crippen LogP contribution is -2.32. The molecule has 1 aliphatic heterocycles. The molecule has 30 heavy (non-hydrogen) atoms. The van der Waals surface area contributed by atoms with Crippen molar-refractivity contribution in [3.05, 3.63) is 95.4 Å². The summed E-state index contributed by atoms with van der Waals surface area (Å²) in [6.45, 7) is 0.212. The molecule has 7 nitrogen and oxygen atoms in total. The molecule has 1 aromatic heterocycles. The van der Waals surface area contributed by atoms with Crippen LogP contribution in [0.3, 0.4) is 0 Å². The molecule has 0 spiro atoms. The summed E-state index contributed by atoms with van der Waals surface area (Å²) in [6.07, 6.45) is 1.34. The van der Waals surface area contributed by atoms with E-state index in [-0.39, 0.29) is 24.8 Å². The molecule has 7 heteroatoms. The monoisotopic (exact) mass is 404 g/mol. The smallest absolute Gasteiger partial charge is 0.374 e.